The van der Waals surface area contributed by atoms with E-state index in [0.29, 0.717) is 5.69 Å². The molecule has 2 rings (SSSR count). The molecule has 0 radical (unpaired) electrons. The van der Waals surface area contributed by atoms with Crippen molar-refractivity contribution in [2.24, 2.45) is 0 Å². The zero-order valence-corrected chi connectivity index (χ0v) is 10.7. The molecule has 0 aromatic carbocycles. The molecule has 0 saturated heterocycles. The molecule has 5 heteroatoms. The lowest BCUT2D eigenvalue weighted by molar-refractivity contribution is 0.0740. The number of thiazole rings is 1. The van der Waals surface area contributed by atoms with Crippen molar-refractivity contribution >= 4 is 28.6 Å². The Labute approximate surface area is 102 Å². The highest BCUT2D eigenvalue weighted by Gasteiger charge is 2.20. The first-order valence-electron chi connectivity index (χ1n) is 4.89. The lowest BCUT2D eigenvalue weighted by atomic mass is 10.2. The molecule has 2 heterocycles. The third kappa shape index (κ3) is 2.15. The number of thiophene rings is 1. The molecule has 0 aliphatic carbocycles. The standard InChI is InChI=1S/C11H12N2OS2/c1-8(10-4-3-5-16-10)13(2)11(14)9-6-15-7-12-9/h3-8H,1-2H3. The minimum Gasteiger partial charge on any atom is -0.333 e. The average Bonchev–Trinajstić information content (AvgIpc) is 2.97. The van der Waals surface area contributed by atoms with Gasteiger partial charge in [-0.15, -0.1) is 22.7 Å². The van der Waals surface area contributed by atoms with Crippen molar-refractivity contribution in [2.45, 2.75) is 13.0 Å². The zero-order chi connectivity index (χ0) is 11.5. The Morgan fingerprint density at radius 1 is 1.56 bits per heavy atom. The van der Waals surface area contributed by atoms with E-state index in [9.17, 15) is 4.79 Å². The van der Waals surface area contributed by atoms with Gasteiger partial charge in [0, 0.05) is 17.3 Å². The number of nitrogens with zero attached hydrogens (tertiary/aromatic N) is 2. The molecule has 0 spiro atoms. The Morgan fingerprint density at radius 2 is 2.38 bits per heavy atom. The largest absolute Gasteiger partial charge is 0.333 e. The minimum absolute atomic E-state index is 0.0258. The van der Waals surface area contributed by atoms with Crippen molar-refractivity contribution in [1.82, 2.24) is 9.88 Å². The van der Waals surface area contributed by atoms with E-state index in [1.54, 1.807) is 27.1 Å². The van der Waals surface area contributed by atoms with E-state index in [1.165, 1.54) is 16.2 Å². The monoisotopic (exact) mass is 252 g/mol. The van der Waals surface area contributed by atoms with Gasteiger partial charge in [0.15, 0.2) is 0 Å². The van der Waals surface area contributed by atoms with E-state index in [4.69, 9.17) is 0 Å². The van der Waals surface area contributed by atoms with Crippen molar-refractivity contribution < 1.29 is 4.79 Å². The fourth-order valence-electron chi connectivity index (χ4n) is 1.39. The van der Waals surface area contributed by atoms with E-state index < -0.39 is 0 Å². The maximum Gasteiger partial charge on any atom is 0.273 e. The summed E-state index contributed by atoms with van der Waals surface area (Å²) in [5.74, 6) is -0.0258. The molecule has 84 valence electrons. The summed E-state index contributed by atoms with van der Waals surface area (Å²) in [6.07, 6.45) is 0. The minimum atomic E-state index is -0.0258. The van der Waals surface area contributed by atoms with E-state index >= 15 is 0 Å². The second kappa shape index (κ2) is 4.76. The first-order chi connectivity index (χ1) is 7.70. The molecule has 0 aliphatic heterocycles. The first kappa shape index (κ1) is 11.3. The van der Waals surface area contributed by atoms with Gasteiger partial charge in [0.25, 0.3) is 5.91 Å². The number of carbonyl (C=O) groups is 1. The highest BCUT2D eigenvalue weighted by Crippen LogP contribution is 2.24. The summed E-state index contributed by atoms with van der Waals surface area (Å²) in [6.45, 7) is 2.02. The quantitative estimate of drug-likeness (QED) is 0.841. The van der Waals surface area contributed by atoms with Gasteiger partial charge in [-0.25, -0.2) is 4.98 Å². The van der Waals surface area contributed by atoms with Crippen LogP contribution in [0.2, 0.25) is 0 Å². The number of aromatic nitrogens is 1. The molecular formula is C11H12N2OS2. The molecular weight excluding hydrogens is 240 g/mol. The van der Waals surface area contributed by atoms with Gasteiger partial charge in [-0.05, 0) is 18.4 Å². The van der Waals surface area contributed by atoms with Crippen LogP contribution in [0.15, 0.2) is 28.4 Å². The van der Waals surface area contributed by atoms with E-state index in [0.717, 1.165) is 0 Å². The van der Waals surface area contributed by atoms with Gasteiger partial charge in [0.05, 0.1) is 11.6 Å². The van der Waals surface area contributed by atoms with Crippen LogP contribution in [0.5, 0.6) is 0 Å². The van der Waals surface area contributed by atoms with Crippen LogP contribution in [0.4, 0.5) is 0 Å². The third-order valence-corrected chi connectivity index (χ3v) is 4.14. The third-order valence-electron chi connectivity index (χ3n) is 2.51. The van der Waals surface area contributed by atoms with Gasteiger partial charge in [0.2, 0.25) is 0 Å². The van der Waals surface area contributed by atoms with Crippen LogP contribution in [0, 0.1) is 0 Å². The molecule has 1 atom stereocenters. The number of amides is 1. The summed E-state index contributed by atoms with van der Waals surface area (Å²) in [5.41, 5.74) is 2.20. The summed E-state index contributed by atoms with van der Waals surface area (Å²) >= 11 is 3.10. The molecule has 1 amide bonds. The molecule has 0 N–H and O–H groups in total. The molecule has 2 aromatic rings. The molecule has 0 bridgehead atoms. The zero-order valence-electron chi connectivity index (χ0n) is 9.08. The summed E-state index contributed by atoms with van der Waals surface area (Å²) in [5, 5.41) is 3.80. The molecule has 1 unspecified atom stereocenters. The lowest BCUT2D eigenvalue weighted by Gasteiger charge is -2.23. The van der Waals surface area contributed by atoms with Crippen LogP contribution in [0.1, 0.15) is 28.3 Å². The van der Waals surface area contributed by atoms with Crippen molar-refractivity contribution in [3.05, 3.63) is 39.0 Å². The maximum absolute atomic E-state index is 12.0. The average molecular weight is 252 g/mol. The van der Waals surface area contributed by atoms with E-state index in [1.807, 2.05) is 31.5 Å². The van der Waals surface area contributed by atoms with Gasteiger partial charge in [-0.2, -0.15) is 0 Å². The Bertz CT molecular complexity index is 450. The normalized spacial score (nSPS) is 12.4. The lowest BCUT2D eigenvalue weighted by Crippen LogP contribution is -2.29. The van der Waals surface area contributed by atoms with Crippen LogP contribution in [-0.2, 0) is 0 Å². The Balaban J connectivity index is 2.14. The fourth-order valence-corrected chi connectivity index (χ4v) is 2.75. The van der Waals surface area contributed by atoms with Crippen molar-refractivity contribution in [2.75, 3.05) is 7.05 Å². The molecule has 0 saturated carbocycles. The van der Waals surface area contributed by atoms with Gasteiger partial charge < -0.3 is 4.90 Å². The summed E-state index contributed by atoms with van der Waals surface area (Å²) in [6, 6.07) is 4.13. The summed E-state index contributed by atoms with van der Waals surface area (Å²) in [7, 11) is 1.81. The van der Waals surface area contributed by atoms with Crippen LogP contribution < -0.4 is 0 Å². The van der Waals surface area contributed by atoms with Gasteiger partial charge in [-0.3, -0.25) is 4.79 Å². The first-order valence-corrected chi connectivity index (χ1v) is 6.71. The van der Waals surface area contributed by atoms with Crippen molar-refractivity contribution in [3.8, 4) is 0 Å². The number of hydrogen-bond acceptors (Lipinski definition) is 4. The van der Waals surface area contributed by atoms with Gasteiger partial charge >= 0.3 is 0 Å². The molecule has 0 fully saturated rings. The highest BCUT2D eigenvalue weighted by molar-refractivity contribution is 7.10. The number of rotatable bonds is 3. The van der Waals surface area contributed by atoms with Crippen molar-refractivity contribution in [3.63, 3.8) is 0 Å². The number of hydrogen-bond donors (Lipinski definition) is 0. The predicted molar refractivity (Wildman–Crippen MR) is 66.9 cm³/mol. The molecule has 0 aliphatic rings. The van der Waals surface area contributed by atoms with E-state index in [2.05, 4.69) is 4.98 Å². The second-order valence-electron chi connectivity index (χ2n) is 3.48. The second-order valence-corrected chi connectivity index (χ2v) is 5.18. The van der Waals surface area contributed by atoms with Crippen LogP contribution in [0.3, 0.4) is 0 Å². The smallest absolute Gasteiger partial charge is 0.273 e. The SMILES string of the molecule is CC(c1cccs1)N(C)C(=O)c1cscn1. The molecule has 2 aromatic heterocycles. The Hall–Kier alpha value is -1.20. The summed E-state index contributed by atoms with van der Waals surface area (Å²) < 4.78 is 0. The van der Waals surface area contributed by atoms with Crippen LogP contribution >= 0.6 is 22.7 Å². The fraction of sp³-hybridized carbons (Fsp3) is 0.273. The topological polar surface area (TPSA) is 33.2 Å². The van der Waals surface area contributed by atoms with E-state index in [-0.39, 0.29) is 11.9 Å². The van der Waals surface area contributed by atoms with Gasteiger partial charge in [-0.1, -0.05) is 6.07 Å². The maximum atomic E-state index is 12.0. The van der Waals surface area contributed by atoms with Crippen LogP contribution in [-0.4, -0.2) is 22.8 Å². The Kier molecular flexibility index (Phi) is 3.36. The van der Waals surface area contributed by atoms with Gasteiger partial charge in [0.1, 0.15) is 5.69 Å². The summed E-state index contributed by atoms with van der Waals surface area (Å²) in [4.78, 5) is 19.0. The van der Waals surface area contributed by atoms with Crippen LogP contribution in [0.25, 0.3) is 0 Å². The predicted octanol–water partition coefficient (Wildman–Crippen LogP) is 3.04. The Morgan fingerprint density at radius 3 is 2.94 bits per heavy atom. The molecule has 16 heavy (non-hydrogen) atoms. The number of carbonyl (C=O) groups excluding carboxylic acids is 1. The molecule has 3 nitrogen and oxygen atoms in total. The van der Waals surface area contributed by atoms with Crippen molar-refractivity contribution in [1.29, 1.82) is 0 Å². The highest BCUT2D eigenvalue weighted by atomic mass is 32.1.